The van der Waals surface area contributed by atoms with Gasteiger partial charge in [-0.05, 0) is 54.4 Å². The van der Waals surface area contributed by atoms with Gasteiger partial charge in [0.2, 0.25) is 0 Å². The summed E-state index contributed by atoms with van der Waals surface area (Å²) in [7, 11) is 1.91. The van der Waals surface area contributed by atoms with Gasteiger partial charge in [-0.3, -0.25) is 9.48 Å². The Hall–Kier alpha value is -2.63. The van der Waals surface area contributed by atoms with Crippen LogP contribution in [0.2, 0.25) is 5.02 Å². The van der Waals surface area contributed by atoms with Crippen molar-refractivity contribution in [2.24, 2.45) is 12.8 Å². The van der Waals surface area contributed by atoms with Gasteiger partial charge >= 0.3 is 0 Å². The third-order valence-electron chi connectivity index (χ3n) is 3.81. The van der Waals surface area contributed by atoms with E-state index in [0.717, 1.165) is 26.4 Å². The van der Waals surface area contributed by atoms with E-state index >= 15 is 0 Å². The number of nitrogens with zero attached hydrogens (tertiary/aromatic N) is 2. The average Bonchev–Trinajstić information content (AvgIpc) is 3.30. The summed E-state index contributed by atoms with van der Waals surface area (Å²) < 4.78 is 1.80. The zero-order valence-electron chi connectivity index (χ0n) is 16.4. The van der Waals surface area contributed by atoms with Gasteiger partial charge in [0, 0.05) is 28.5 Å². The predicted octanol–water partition coefficient (Wildman–Crippen LogP) is 6.08. The minimum absolute atomic E-state index is 0.382. The Balaban J connectivity index is 0.000000261. The van der Waals surface area contributed by atoms with E-state index in [1.54, 1.807) is 10.7 Å². The molecule has 2 aromatic carbocycles. The molecule has 0 saturated heterocycles. The summed E-state index contributed by atoms with van der Waals surface area (Å²) in [4.78, 5) is 12.8. The minimum Gasteiger partial charge on any atom is -0.365 e. The molecule has 2 heterocycles. The van der Waals surface area contributed by atoms with Crippen LogP contribution in [-0.2, 0) is 7.05 Å². The van der Waals surface area contributed by atoms with Crippen molar-refractivity contribution < 1.29 is 4.79 Å². The van der Waals surface area contributed by atoms with Crippen molar-refractivity contribution in [2.75, 3.05) is 0 Å². The molecule has 2 aromatic heterocycles. The van der Waals surface area contributed by atoms with E-state index in [-0.39, 0.29) is 5.91 Å². The predicted molar refractivity (Wildman–Crippen MR) is 120 cm³/mol. The molecule has 0 saturated carbocycles. The zero-order valence-corrected chi connectivity index (χ0v) is 18.0. The summed E-state index contributed by atoms with van der Waals surface area (Å²) in [5.41, 5.74) is 8.51. The third kappa shape index (κ3) is 5.44. The molecule has 2 N–H and O–H groups in total. The Bertz CT molecular complexity index is 1050. The zero-order chi connectivity index (χ0) is 20.7. The Morgan fingerprint density at radius 1 is 1.11 bits per heavy atom. The van der Waals surface area contributed by atoms with E-state index in [9.17, 15) is 4.79 Å². The van der Waals surface area contributed by atoms with E-state index in [1.807, 2.05) is 63.5 Å². The molecule has 0 fully saturated rings. The van der Waals surface area contributed by atoms with Crippen LogP contribution < -0.4 is 5.73 Å². The molecule has 146 valence electrons. The van der Waals surface area contributed by atoms with Gasteiger partial charge in [0.25, 0.3) is 5.91 Å². The lowest BCUT2D eigenvalue weighted by atomic mass is 10.1. The molecule has 6 heteroatoms. The number of carbonyl (C=O) groups is 1. The molecule has 0 aliphatic carbocycles. The van der Waals surface area contributed by atoms with Crippen LogP contribution in [-0.4, -0.2) is 15.7 Å². The van der Waals surface area contributed by atoms with Gasteiger partial charge in [0.05, 0.1) is 10.4 Å². The van der Waals surface area contributed by atoms with Crippen molar-refractivity contribution >= 4 is 39.7 Å². The SMILES string of the molecule is CC.Cc1cc2cn(C)nc2cc1-c1ccc(C(N)=O)s1.Clc1ccccc1. The highest BCUT2D eigenvalue weighted by Gasteiger charge is 2.11. The largest absolute Gasteiger partial charge is 0.365 e. The Labute approximate surface area is 174 Å². The van der Waals surface area contributed by atoms with Crippen LogP contribution in [0.1, 0.15) is 29.1 Å². The average molecular weight is 414 g/mol. The van der Waals surface area contributed by atoms with Crippen LogP contribution in [0, 0.1) is 6.92 Å². The number of aromatic nitrogens is 2. The molecule has 0 aliphatic heterocycles. The van der Waals surface area contributed by atoms with Crippen molar-refractivity contribution in [3.05, 3.63) is 76.3 Å². The van der Waals surface area contributed by atoms with Crippen molar-refractivity contribution in [1.82, 2.24) is 9.78 Å². The van der Waals surface area contributed by atoms with Gasteiger partial charge < -0.3 is 5.73 Å². The van der Waals surface area contributed by atoms with E-state index in [0.29, 0.717) is 4.88 Å². The maximum atomic E-state index is 11.2. The molecule has 4 nitrogen and oxygen atoms in total. The summed E-state index contributed by atoms with van der Waals surface area (Å²) in [5.74, 6) is -0.382. The number of fused-ring (bicyclic) bond motifs is 1. The maximum absolute atomic E-state index is 11.2. The second-order valence-electron chi connectivity index (χ2n) is 5.85. The van der Waals surface area contributed by atoms with Crippen LogP contribution in [0.15, 0.2) is 60.8 Å². The molecule has 0 aliphatic rings. The maximum Gasteiger partial charge on any atom is 0.258 e. The molecular formula is C22H24ClN3OS. The highest BCUT2D eigenvalue weighted by Crippen LogP contribution is 2.32. The van der Waals surface area contributed by atoms with Gasteiger partial charge in [0.15, 0.2) is 0 Å². The number of halogens is 1. The lowest BCUT2D eigenvalue weighted by Crippen LogP contribution is -2.07. The summed E-state index contributed by atoms with van der Waals surface area (Å²) in [6, 6.07) is 17.3. The summed E-state index contributed by atoms with van der Waals surface area (Å²) in [6.45, 7) is 6.06. The highest BCUT2D eigenvalue weighted by molar-refractivity contribution is 7.17. The topological polar surface area (TPSA) is 60.9 Å². The number of rotatable bonds is 2. The number of thiophene rings is 1. The molecule has 1 amide bonds. The van der Waals surface area contributed by atoms with Crippen LogP contribution in [0.3, 0.4) is 0 Å². The number of hydrogen-bond acceptors (Lipinski definition) is 3. The number of carbonyl (C=O) groups excluding carboxylic acids is 1. The van der Waals surface area contributed by atoms with Crippen LogP contribution in [0.25, 0.3) is 21.3 Å². The number of primary amides is 1. The molecule has 0 radical (unpaired) electrons. The number of aryl methyl sites for hydroxylation is 2. The van der Waals surface area contributed by atoms with Crippen LogP contribution >= 0.6 is 22.9 Å². The first kappa shape index (κ1) is 21.7. The number of nitrogens with two attached hydrogens (primary N) is 1. The minimum atomic E-state index is -0.382. The Morgan fingerprint density at radius 3 is 2.32 bits per heavy atom. The quantitative estimate of drug-likeness (QED) is 0.433. The number of benzene rings is 2. The van der Waals surface area contributed by atoms with Crippen molar-refractivity contribution in [2.45, 2.75) is 20.8 Å². The van der Waals surface area contributed by atoms with Gasteiger partial charge in [-0.2, -0.15) is 5.10 Å². The molecule has 0 unspecified atom stereocenters. The molecule has 0 atom stereocenters. The van der Waals surface area contributed by atoms with Crippen LogP contribution in [0.5, 0.6) is 0 Å². The lowest BCUT2D eigenvalue weighted by molar-refractivity contribution is 0.100. The number of amides is 1. The Morgan fingerprint density at radius 2 is 1.79 bits per heavy atom. The fraction of sp³-hybridized carbons (Fsp3) is 0.182. The van der Waals surface area contributed by atoms with Gasteiger partial charge in [-0.25, -0.2) is 0 Å². The molecule has 0 bridgehead atoms. The van der Waals surface area contributed by atoms with Crippen LogP contribution in [0.4, 0.5) is 0 Å². The summed E-state index contributed by atoms with van der Waals surface area (Å²) >= 11 is 6.95. The molecule has 0 spiro atoms. The molecular weight excluding hydrogens is 390 g/mol. The third-order valence-corrected chi connectivity index (χ3v) is 5.20. The first-order valence-electron chi connectivity index (χ1n) is 8.98. The van der Waals surface area contributed by atoms with Crippen molar-refractivity contribution in [3.8, 4) is 10.4 Å². The van der Waals surface area contributed by atoms with Gasteiger partial charge in [-0.15, -0.1) is 11.3 Å². The summed E-state index contributed by atoms with van der Waals surface area (Å²) in [5, 5.41) is 6.33. The second-order valence-corrected chi connectivity index (χ2v) is 7.37. The first-order chi connectivity index (χ1) is 13.4. The van der Waals surface area contributed by atoms with E-state index in [4.69, 9.17) is 17.3 Å². The molecule has 4 aromatic rings. The molecule has 28 heavy (non-hydrogen) atoms. The van der Waals surface area contributed by atoms with Gasteiger partial charge in [-0.1, -0.05) is 43.6 Å². The second kappa shape index (κ2) is 10.1. The fourth-order valence-corrected chi connectivity index (χ4v) is 3.69. The van der Waals surface area contributed by atoms with Gasteiger partial charge in [0.1, 0.15) is 0 Å². The van der Waals surface area contributed by atoms with Crippen molar-refractivity contribution in [1.29, 1.82) is 0 Å². The Kier molecular flexibility index (Phi) is 7.79. The summed E-state index contributed by atoms with van der Waals surface area (Å²) in [6.07, 6.45) is 2.00. The fourth-order valence-electron chi connectivity index (χ4n) is 2.60. The van der Waals surface area contributed by atoms with E-state index in [1.165, 1.54) is 16.9 Å². The van der Waals surface area contributed by atoms with E-state index < -0.39 is 0 Å². The first-order valence-corrected chi connectivity index (χ1v) is 10.2. The van der Waals surface area contributed by atoms with E-state index in [2.05, 4.69) is 24.2 Å². The monoisotopic (exact) mass is 413 g/mol. The lowest BCUT2D eigenvalue weighted by Gasteiger charge is -2.02. The highest BCUT2D eigenvalue weighted by atomic mass is 35.5. The standard InChI is InChI=1S/C14H13N3OS.C6H5Cl.C2H6/c1-8-5-9-7-17(2)16-11(9)6-10(8)12-3-4-13(19-12)14(15)18;7-6-4-2-1-3-5-6;1-2/h3-7H,1-2H3,(H2,15,18);1-5H;1-2H3. The normalized spacial score (nSPS) is 9.89. The molecule has 4 rings (SSSR count). The smallest absolute Gasteiger partial charge is 0.258 e. The number of hydrogen-bond donors (Lipinski definition) is 1. The van der Waals surface area contributed by atoms with Crippen molar-refractivity contribution in [3.63, 3.8) is 0 Å².